The molecule has 100 valence electrons. The number of aliphatic hydroxyl groups is 1. The van der Waals surface area contributed by atoms with Gasteiger partial charge in [0.05, 0.1) is 6.10 Å². The van der Waals surface area contributed by atoms with Crippen LogP contribution in [0.2, 0.25) is 0 Å². The van der Waals surface area contributed by atoms with E-state index in [9.17, 15) is 5.11 Å². The standard InChI is InChI=1S/C17H21NO/c1-13(2)14-8-10-16(11-9-14)18-12-17(19)15-6-4-3-5-7-15/h3-11,13,17-19H,12H2,1-2H3. The Bertz CT molecular complexity index is 490. The Labute approximate surface area is 115 Å². The number of hydrogen-bond acceptors (Lipinski definition) is 2. The highest BCUT2D eigenvalue weighted by atomic mass is 16.3. The van der Waals surface area contributed by atoms with E-state index in [0.717, 1.165) is 11.3 Å². The van der Waals surface area contributed by atoms with Gasteiger partial charge in [-0.1, -0.05) is 56.3 Å². The first-order chi connectivity index (χ1) is 9.16. The van der Waals surface area contributed by atoms with E-state index in [1.807, 2.05) is 30.3 Å². The number of aliphatic hydroxyl groups excluding tert-OH is 1. The highest BCUT2D eigenvalue weighted by Crippen LogP contribution is 2.18. The molecule has 2 heteroatoms. The van der Waals surface area contributed by atoms with Crippen LogP contribution in [0, 0.1) is 0 Å². The van der Waals surface area contributed by atoms with Gasteiger partial charge in [-0.25, -0.2) is 0 Å². The van der Waals surface area contributed by atoms with E-state index < -0.39 is 6.10 Å². The van der Waals surface area contributed by atoms with Gasteiger partial charge in [-0.2, -0.15) is 0 Å². The normalized spacial score (nSPS) is 12.4. The third-order valence-corrected chi connectivity index (χ3v) is 3.26. The fourth-order valence-electron chi connectivity index (χ4n) is 1.99. The van der Waals surface area contributed by atoms with Crippen LogP contribution in [-0.2, 0) is 0 Å². The molecule has 0 heterocycles. The summed E-state index contributed by atoms with van der Waals surface area (Å²) in [6.07, 6.45) is -0.481. The van der Waals surface area contributed by atoms with Crippen LogP contribution in [0.1, 0.15) is 37.0 Å². The van der Waals surface area contributed by atoms with Crippen molar-refractivity contribution in [3.63, 3.8) is 0 Å². The summed E-state index contributed by atoms with van der Waals surface area (Å²) in [4.78, 5) is 0. The molecule has 19 heavy (non-hydrogen) atoms. The number of anilines is 1. The number of nitrogens with one attached hydrogen (secondary N) is 1. The summed E-state index contributed by atoms with van der Waals surface area (Å²) in [5.41, 5.74) is 3.31. The fourth-order valence-corrected chi connectivity index (χ4v) is 1.99. The molecule has 0 aliphatic carbocycles. The zero-order chi connectivity index (χ0) is 13.7. The lowest BCUT2D eigenvalue weighted by Crippen LogP contribution is -2.11. The summed E-state index contributed by atoms with van der Waals surface area (Å²) >= 11 is 0. The van der Waals surface area contributed by atoms with Crippen molar-refractivity contribution in [2.75, 3.05) is 11.9 Å². The second-order valence-corrected chi connectivity index (χ2v) is 5.08. The zero-order valence-electron chi connectivity index (χ0n) is 11.5. The molecule has 0 radical (unpaired) electrons. The second-order valence-electron chi connectivity index (χ2n) is 5.08. The Morgan fingerprint density at radius 1 is 0.895 bits per heavy atom. The van der Waals surface area contributed by atoms with E-state index >= 15 is 0 Å². The minimum absolute atomic E-state index is 0.481. The molecule has 0 aromatic heterocycles. The van der Waals surface area contributed by atoms with Crippen LogP contribution in [0.5, 0.6) is 0 Å². The van der Waals surface area contributed by atoms with Gasteiger partial charge in [-0.3, -0.25) is 0 Å². The molecular formula is C17H21NO. The third kappa shape index (κ3) is 3.83. The topological polar surface area (TPSA) is 32.3 Å². The van der Waals surface area contributed by atoms with E-state index in [1.54, 1.807) is 0 Å². The molecule has 0 fully saturated rings. The summed E-state index contributed by atoms with van der Waals surface area (Å²) in [6.45, 7) is 4.88. The lowest BCUT2D eigenvalue weighted by Gasteiger charge is -2.14. The van der Waals surface area contributed by atoms with Crippen LogP contribution in [0.15, 0.2) is 54.6 Å². The average Bonchev–Trinajstić information content (AvgIpc) is 2.46. The Balaban J connectivity index is 1.92. The number of hydrogen-bond donors (Lipinski definition) is 2. The van der Waals surface area contributed by atoms with E-state index in [-0.39, 0.29) is 0 Å². The molecule has 0 bridgehead atoms. The van der Waals surface area contributed by atoms with Gasteiger partial charge in [0.25, 0.3) is 0 Å². The van der Waals surface area contributed by atoms with Crippen LogP contribution < -0.4 is 5.32 Å². The smallest absolute Gasteiger partial charge is 0.0962 e. The van der Waals surface area contributed by atoms with Crippen molar-refractivity contribution in [3.05, 3.63) is 65.7 Å². The minimum Gasteiger partial charge on any atom is -0.387 e. The average molecular weight is 255 g/mol. The molecule has 2 nitrogen and oxygen atoms in total. The van der Waals surface area contributed by atoms with E-state index in [0.29, 0.717) is 12.5 Å². The van der Waals surface area contributed by atoms with Gasteiger partial charge in [-0.15, -0.1) is 0 Å². The first kappa shape index (κ1) is 13.6. The van der Waals surface area contributed by atoms with Crippen LogP contribution in [0.4, 0.5) is 5.69 Å². The maximum absolute atomic E-state index is 10.1. The van der Waals surface area contributed by atoms with Crippen molar-refractivity contribution in [2.24, 2.45) is 0 Å². The van der Waals surface area contributed by atoms with Crippen molar-refractivity contribution in [3.8, 4) is 0 Å². The highest BCUT2D eigenvalue weighted by molar-refractivity contribution is 5.45. The van der Waals surface area contributed by atoms with Crippen LogP contribution >= 0.6 is 0 Å². The van der Waals surface area contributed by atoms with Gasteiger partial charge in [0, 0.05) is 12.2 Å². The second kappa shape index (κ2) is 6.39. The molecule has 0 spiro atoms. The van der Waals surface area contributed by atoms with Crippen molar-refractivity contribution in [1.82, 2.24) is 0 Å². The zero-order valence-corrected chi connectivity index (χ0v) is 11.5. The van der Waals surface area contributed by atoms with Gasteiger partial charge >= 0.3 is 0 Å². The van der Waals surface area contributed by atoms with Crippen molar-refractivity contribution in [1.29, 1.82) is 0 Å². The Kier molecular flexibility index (Phi) is 4.58. The molecular weight excluding hydrogens is 234 g/mol. The van der Waals surface area contributed by atoms with Gasteiger partial charge < -0.3 is 10.4 Å². The fraction of sp³-hybridized carbons (Fsp3) is 0.294. The maximum Gasteiger partial charge on any atom is 0.0962 e. The molecule has 0 saturated carbocycles. The summed E-state index contributed by atoms with van der Waals surface area (Å²) in [6, 6.07) is 18.1. The monoisotopic (exact) mass is 255 g/mol. The summed E-state index contributed by atoms with van der Waals surface area (Å²) in [5.74, 6) is 0.545. The number of benzene rings is 2. The molecule has 2 aromatic rings. The van der Waals surface area contributed by atoms with Crippen LogP contribution in [0.25, 0.3) is 0 Å². The summed E-state index contributed by atoms with van der Waals surface area (Å²) in [5, 5.41) is 13.3. The molecule has 2 aromatic carbocycles. The minimum atomic E-state index is -0.481. The van der Waals surface area contributed by atoms with Crippen molar-refractivity contribution >= 4 is 5.69 Å². The van der Waals surface area contributed by atoms with Crippen molar-refractivity contribution in [2.45, 2.75) is 25.9 Å². The largest absolute Gasteiger partial charge is 0.387 e. The molecule has 0 amide bonds. The molecule has 1 atom stereocenters. The van der Waals surface area contributed by atoms with E-state index in [1.165, 1.54) is 5.56 Å². The molecule has 0 aliphatic heterocycles. The van der Waals surface area contributed by atoms with Gasteiger partial charge in [0.15, 0.2) is 0 Å². The van der Waals surface area contributed by atoms with E-state index in [2.05, 4.69) is 43.4 Å². The summed E-state index contributed by atoms with van der Waals surface area (Å²) in [7, 11) is 0. The summed E-state index contributed by atoms with van der Waals surface area (Å²) < 4.78 is 0. The Morgan fingerprint density at radius 2 is 1.53 bits per heavy atom. The van der Waals surface area contributed by atoms with Crippen molar-refractivity contribution < 1.29 is 5.11 Å². The SMILES string of the molecule is CC(C)c1ccc(NCC(O)c2ccccc2)cc1. The number of rotatable bonds is 5. The molecule has 0 saturated heterocycles. The quantitative estimate of drug-likeness (QED) is 0.847. The van der Waals surface area contributed by atoms with Gasteiger partial charge in [0.2, 0.25) is 0 Å². The molecule has 2 N–H and O–H groups in total. The molecule has 1 unspecified atom stereocenters. The predicted octanol–water partition coefficient (Wildman–Crippen LogP) is 3.96. The Hall–Kier alpha value is -1.80. The third-order valence-electron chi connectivity index (χ3n) is 3.26. The Morgan fingerprint density at radius 3 is 2.11 bits per heavy atom. The first-order valence-electron chi connectivity index (χ1n) is 6.73. The predicted molar refractivity (Wildman–Crippen MR) is 80.4 cm³/mol. The molecule has 0 aliphatic rings. The van der Waals surface area contributed by atoms with Crippen LogP contribution in [-0.4, -0.2) is 11.7 Å². The first-order valence-corrected chi connectivity index (χ1v) is 6.73. The highest BCUT2D eigenvalue weighted by Gasteiger charge is 2.06. The molecule has 2 rings (SSSR count). The van der Waals surface area contributed by atoms with Gasteiger partial charge in [0.1, 0.15) is 0 Å². The van der Waals surface area contributed by atoms with Gasteiger partial charge in [-0.05, 0) is 29.2 Å². The van der Waals surface area contributed by atoms with Crippen LogP contribution in [0.3, 0.4) is 0 Å². The van der Waals surface area contributed by atoms with E-state index in [4.69, 9.17) is 0 Å². The lowest BCUT2D eigenvalue weighted by atomic mass is 10.0. The maximum atomic E-state index is 10.1. The lowest BCUT2D eigenvalue weighted by molar-refractivity contribution is 0.191.